The highest BCUT2D eigenvalue weighted by Crippen LogP contribution is 2.44. The molecule has 1 aromatic carbocycles. The van der Waals surface area contributed by atoms with Crippen LogP contribution in [0.4, 0.5) is 11.5 Å². The van der Waals surface area contributed by atoms with E-state index >= 15 is 0 Å². The number of benzene rings is 1. The molecule has 2 aromatic rings. The third-order valence-electron chi connectivity index (χ3n) is 3.50. The zero-order chi connectivity index (χ0) is 20.8. The molecule has 0 radical (unpaired) electrons. The topological polar surface area (TPSA) is 89.8 Å². The van der Waals surface area contributed by atoms with E-state index in [-0.39, 0.29) is 5.28 Å². The van der Waals surface area contributed by atoms with Gasteiger partial charge < -0.3 is 16.8 Å². The van der Waals surface area contributed by atoms with Crippen molar-refractivity contribution in [2.45, 2.75) is 46.5 Å². The summed E-state index contributed by atoms with van der Waals surface area (Å²) in [7, 11) is 0. The maximum absolute atomic E-state index is 6.29. The average Bonchev–Trinajstić information content (AvgIpc) is 3.56. The Hall–Kier alpha value is -0.810. The molecule has 5 N–H and O–H groups in total. The van der Waals surface area contributed by atoms with Crippen molar-refractivity contribution >= 4 is 66.0 Å². The summed E-state index contributed by atoms with van der Waals surface area (Å²) in [6.07, 6.45) is 5.46. The summed E-state index contributed by atoms with van der Waals surface area (Å²) in [5.41, 5.74) is 15.6. The minimum atomic E-state index is 0.177. The number of anilines is 2. The molecule has 1 aliphatic carbocycles. The SMILES string of the molecule is CC.CC.II.N/C=C(/Nc1ccnc(Cl)n1)c1cccc(C2CC2)c1N. The Morgan fingerprint density at radius 1 is 1.19 bits per heavy atom. The van der Waals surface area contributed by atoms with Gasteiger partial charge in [0.2, 0.25) is 5.28 Å². The van der Waals surface area contributed by atoms with E-state index in [2.05, 4.69) is 58.6 Å². The van der Waals surface area contributed by atoms with E-state index in [1.165, 1.54) is 24.6 Å². The number of halogens is 3. The van der Waals surface area contributed by atoms with Crippen LogP contribution in [0.5, 0.6) is 0 Å². The van der Waals surface area contributed by atoms with E-state index in [0.29, 0.717) is 17.4 Å². The second-order valence-corrected chi connectivity index (χ2v) is 5.34. The molecule has 27 heavy (non-hydrogen) atoms. The van der Waals surface area contributed by atoms with E-state index in [1.807, 2.05) is 39.8 Å². The maximum Gasteiger partial charge on any atom is 0.224 e. The highest BCUT2D eigenvalue weighted by Gasteiger charge is 2.26. The Bertz CT molecular complexity index is 706. The first-order valence-corrected chi connectivity index (χ1v) is 15.6. The fourth-order valence-electron chi connectivity index (χ4n) is 2.31. The van der Waals surface area contributed by atoms with Gasteiger partial charge in [0.25, 0.3) is 0 Å². The molecule has 0 unspecified atom stereocenters. The lowest BCUT2D eigenvalue weighted by molar-refractivity contribution is 1.13. The zero-order valence-corrected chi connectivity index (χ0v) is 21.2. The summed E-state index contributed by atoms with van der Waals surface area (Å²) in [6.45, 7) is 8.00. The second kappa shape index (κ2) is 15.2. The molecule has 1 fully saturated rings. The lowest BCUT2D eigenvalue weighted by Crippen LogP contribution is -2.07. The van der Waals surface area contributed by atoms with Crippen LogP contribution in [0.2, 0.25) is 5.28 Å². The van der Waals surface area contributed by atoms with Gasteiger partial charge in [-0.05, 0) is 42.0 Å². The predicted molar refractivity (Wildman–Crippen MR) is 136 cm³/mol. The van der Waals surface area contributed by atoms with Gasteiger partial charge >= 0.3 is 0 Å². The standard InChI is InChI=1S/C15H16ClN5.2C2H6.I2/c16-15-19-7-6-13(21-15)20-12(8-17)11-3-1-2-10(14(11)18)9-4-5-9;3*1-2/h1-3,6-9H,4-5,17-18H2,(H,19,20,21);2*1-2H3;/b12-8+;;;. The van der Waals surface area contributed by atoms with Gasteiger partial charge in [-0.2, -0.15) is 0 Å². The van der Waals surface area contributed by atoms with Crippen LogP contribution < -0.4 is 16.8 Å². The number of aromatic nitrogens is 2. The number of para-hydroxylation sites is 1. The quantitative estimate of drug-likeness (QED) is 0.200. The van der Waals surface area contributed by atoms with Gasteiger partial charge in [-0.15, -0.1) is 0 Å². The number of nitrogen functional groups attached to an aromatic ring is 1. The van der Waals surface area contributed by atoms with Crippen molar-refractivity contribution in [2.24, 2.45) is 5.73 Å². The molecule has 0 spiro atoms. The minimum Gasteiger partial charge on any atom is -0.403 e. The van der Waals surface area contributed by atoms with Gasteiger partial charge in [-0.25, -0.2) is 9.97 Å². The molecule has 1 saturated carbocycles. The maximum atomic E-state index is 6.29. The Balaban J connectivity index is 0.00000103. The number of nitrogens with two attached hydrogens (primary N) is 2. The highest BCUT2D eigenvalue weighted by atomic mass is 128. The number of rotatable bonds is 4. The lowest BCUT2D eigenvalue weighted by Gasteiger charge is -2.14. The molecule has 0 amide bonds. The van der Waals surface area contributed by atoms with Crippen LogP contribution in [-0.2, 0) is 0 Å². The third kappa shape index (κ3) is 8.39. The number of nitrogens with zero attached hydrogens (tertiary/aromatic N) is 2. The van der Waals surface area contributed by atoms with Crippen molar-refractivity contribution in [3.63, 3.8) is 0 Å². The summed E-state index contributed by atoms with van der Waals surface area (Å²) >= 11 is 10.0. The largest absolute Gasteiger partial charge is 0.403 e. The van der Waals surface area contributed by atoms with Crippen molar-refractivity contribution in [3.05, 3.63) is 53.1 Å². The van der Waals surface area contributed by atoms with Gasteiger partial charge in [0.05, 0.1) is 5.70 Å². The van der Waals surface area contributed by atoms with Crippen LogP contribution in [-0.4, -0.2) is 9.97 Å². The first kappa shape index (κ1) is 26.2. The lowest BCUT2D eigenvalue weighted by atomic mass is 10.0. The van der Waals surface area contributed by atoms with Crippen LogP contribution in [0.3, 0.4) is 0 Å². The molecule has 0 saturated heterocycles. The predicted octanol–water partition coefficient (Wildman–Crippen LogP) is 6.78. The summed E-state index contributed by atoms with van der Waals surface area (Å²) in [4.78, 5) is 7.94. The fourth-order valence-corrected chi connectivity index (χ4v) is 2.46. The van der Waals surface area contributed by atoms with E-state index in [4.69, 9.17) is 23.1 Å². The summed E-state index contributed by atoms with van der Waals surface area (Å²) < 4.78 is 0. The molecule has 0 atom stereocenters. The molecule has 1 aromatic heterocycles. The van der Waals surface area contributed by atoms with Gasteiger partial charge in [-0.1, -0.05) is 45.9 Å². The van der Waals surface area contributed by atoms with Gasteiger partial charge in [0, 0.05) is 60.9 Å². The number of nitrogens with one attached hydrogen (secondary N) is 1. The molecule has 0 bridgehead atoms. The first-order valence-electron chi connectivity index (χ1n) is 8.89. The Kier molecular flexibility index (Phi) is 14.7. The smallest absolute Gasteiger partial charge is 0.224 e. The monoisotopic (exact) mass is 615 g/mol. The van der Waals surface area contributed by atoms with Crippen molar-refractivity contribution in [1.29, 1.82) is 0 Å². The molecule has 150 valence electrons. The molecule has 1 heterocycles. The van der Waals surface area contributed by atoms with E-state index in [1.54, 1.807) is 12.3 Å². The van der Waals surface area contributed by atoms with Crippen molar-refractivity contribution < 1.29 is 0 Å². The van der Waals surface area contributed by atoms with Gasteiger partial charge in [0.15, 0.2) is 0 Å². The molecule has 0 aliphatic heterocycles. The van der Waals surface area contributed by atoms with Crippen LogP contribution in [0.1, 0.15) is 57.6 Å². The molecule has 3 rings (SSSR count). The molecule has 8 heteroatoms. The molecule has 5 nitrogen and oxygen atoms in total. The van der Waals surface area contributed by atoms with Crippen molar-refractivity contribution in [1.82, 2.24) is 9.97 Å². The molecular formula is C19H28ClI2N5. The Morgan fingerprint density at radius 2 is 1.81 bits per heavy atom. The molecular weight excluding hydrogens is 588 g/mol. The Labute approximate surface area is 191 Å². The van der Waals surface area contributed by atoms with E-state index < -0.39 is 0 Å². The van der Waals surface area contributed by atoms with E-state index in [9.17, 15) is 0 Å². The summed E-state index contributed by atoms with van der Waals surface area (Å²) in [5.74, 6) is 1.15. The van der Waals surface area contributed by atoms with Crippen molar-refractivity contribution in [3.8, 4) is 0 Å². The average molecular weight is 616 g/mol. The summed E-state index contributed by atoms with van der Waals surface area (Å²) in [5, 5.41) is 3.31. The van der Waals surface area contributed by atoms with Crippen molar-refractivity contribution in [2.75, 3.05) is 11.1 Å². The zero-order valence-electron chi connectivity index (χ0n) is 16.1. The number of hydrogen-bond acceptors (Lipinski definition) is 5. The van der Waals surface area contributed by atoms with Crippen LogP contribution in [0.25, 0.3) is 5.70 Å². The minimum absolute atomic E-state index is 0.177. The van der Waals surface area contributed by atoms with Crippen LogP contribution in [0.15, 0.2) is 36.7 Å². The number of hydrogen-bond donors (Lipinski definition) is 3. The van der Waals surface area contributed by atoms with Crippen LogP contribution >= 0.6 is 48.8 Å². The molecule has 1 aliphatic rings. The summed E-state index contributed by atoms with van der Waals surface area (Å²) in [6, 6.07) is 7.73. The first-order chi connectivity index (χ1) is 13.2. The van der Waals surface area contributed by atoms with E-state index in [0.717, 1.165) is 11.3 Å². The van der Waals surface area contributed by atoms with Crippen LogP contribution in [0, 0.1) is 0 Å². The second-order valence-electron chi connectivity index (χ2n) is 5.00. The van der Waals surface area contributed by atoms with Gasteiger partial charge in [-0.3, -0.25) is 0 Å². The normalized spacial score (nSPS) is 12.3. The van der Waals surface area contributed by atoms with Gasteiger partial charge in [0.1, 0.15) is 5.82 Å². The fraction of sp³-hybridized carbons (Fsp3) is 0.368. The third-order valence-corrected chi connectivity index (χ3v) is 3.68. The highest BCUT2D eigenvalue weighted by molar-refractivity contribution is 15.0. The Morgan fingerprint density at radius 3 is 2.33 bits per heavy atom.